The van der Waals surface area contributed by atoms with Gasteiger partial charge in [-0.15, -0.1) is 0 Å². The van der Waals surface area contributed by atoms with Crippen molar-refractivity contribution in [2.75, 3.05) is 11.9 Å². The lowest BCUT2D eigenvalue weighted by Crippen LogP contribution is -2.45. The summed E-state index contributed by atoms with van der Waals surface area (Å²) < 4.78 is 98.2. The summed E-state index contributed by atoms with van der Waals surface area (Å²) in [7, 11) is 0. The Morgan fingerprint density at radius 3 is 2.25 bits per heavy atom. The van der Waals surface area contributed by atoms with Crippen molar-refractivity contribution in [3.8, 4) is 5.75 Å². The Morgan fingerprint density at radius 1 is 1.12 bits per heavy atom. The molecule has 0 aliphatic carbocycles. The summed E-state index contributed by atoms with van der Waals surface area (Å²) in [6.07, 6.45) is -5.14. The Labute approximate surface area is 174 Å². The largest absolute Gasteiger partial charge is 0.484 e. The number of alkyl halides is 3. The van der Waals surface area contributed by atoms with Crippen molar-refractivity contribution in [1.82, 2.24) is 0 Å². The summed E-state index contributed by atoms with van der Waals surface area (Å²) in [4.78, 5) is 21.7. The first-order valence-electron chi connectivity index (χ1n) is 8.42. The fourth-order valence-electron chi connectivity index (χ4n) is 2.39. The zero-order chi connectivity index (χ0) is 24.6. The van der Waals surface area contributed by atoms with E-state index in [-0.39, 0.29) is 6.07 Å². The predicted octanol–water partition coefficient (Wildman–Crippen LogP) is 4.25. The van der Waals surface area contributed by atoms with Crippen molar-refractivity contribution in [3.63, 3.8) is 0 Å². The van der Waals surface area contributed by atoms with Crippen LogP contribution >= 0.6 is 0 Å². The van der Waals surface area contributed by atoms with Crippen molar-refractivity contribution in [2.45, 2.75) is 25.6 Å². The number of hydrogen-bond acceptors (Lipinski definition) is 5. The minimum atomic E-state index is -5.14. The lowest BCUT2D eigenvalue weighted by Gasteiger charge is -2.23. The van der Waals surface area contributed by atoms with Crippen LogP contribution in [0.2, 0.25) is 0 Å². The maximum atomic E-state index is 14.0. The number of rotatable bonds is 6. The summed E-state index contributed by atoms with van der Waals surface area (Å²) in [5.74, 6) is -10.4. The molecule has 0 radical (unpaired) electrons. The molecule has 0 spiro atoms. The van der Waals surface area contributed by atoms with Crippen LogP contribution in [-0.2, 0) is 11.0 Å². The van der Waals surface area contributed by atoms with Crippen molar-refractivity contribution in [2.24, 2.45) is 0 Å². The van der Waals surface area contributed by atoms with Crippen LogP contribution in [0.4, 0.5) is 42.1 Å². The molecule has 0 saturated heterocycles. The number of nitro groups is 1. The van der Waals surface area contributed by atoms with E-state index < -0.39 is 80.7 Å². The zero-order valence-corrected chi connectivity index (χ0v) is 16.1. The first kappa shape index (κ1) is 24.8. The smallest absolute Gasteiger partial charge is 0.423 e. The minimum Gasteiger partial charge on any atom is -0.484 e. The lowest BCUT2D eigenvalue weighted by atomic mass is 10.1. The molecule has 0 heterocycles. The Hall–Kier alpha value is -3.42. The summed E-state index contributed by atoms with van der Waals surface area (Å²) in [5, 5.41) is 22.8. The number of ether oxygens (including phenoxy) is 1. The van der Waals surface area contributed by atoms with Gasteiger partial charge in [0.05, 0.1) is 4.92 Å². The molecule has 1 atom stereocenters. The highest BCUT2D eigenvalue weighted by Crippen LogP contribution is 2.37. The van der Waals surface area contributed by atoms with Crippen LogP contribution in [0.15, 0.2) is 18.2 Å². The number of halogens is 7. The summed E-state index contributed by atoms with van der Waals surface area (Å²) in [6.45, 7) is 0.301. The van der Waals surface area contributed by atoms with Crippen LogP contribution in [-0.4, -0.2) is 28.1 Å². The molecule has 32 heavy (non-hydrogen) atoms. The molecule has 2 N–H and O–H groups in total. The van der Waals surface area contributed by atoms with Gasteiger partial charge in [0, 0.05) is 17.3 Å². The van der Waals surface area contributed by atoms with E-state index in [4.69, 9.17) is 0 Å². The number of anilines is 1. The van der Waals surface area contributed by atoms with Gasteiger partial charge in [-0.3, -0.25) is 14.9 Å². The predicted molar refractivity (Wildman–Crippen MR) is 93.9 cm³/mol. The van der Waals surface area contributed by atoms with Gasteiger partial charge in [-0.05, 0) is 26.0 Å². The van der Waals surface area contributed by atoms with Crippen LogP contribution in [0.25, 0.3) is 0 Å². The van der Waals surface area contributed by atoms with Crippen molar-refractivity contribution < 1.29 is 50.3 Å². The lowest BCUT2D eigenvalue weighted by molar-refractivity contribution is -0.388. The first-order chi connectivity index (χ1) is 14.6. The molecule has 2 rings (SSSR count). The second-order valence-electron chi connectivity index (χ2n) is 6.71. The molecule has 7 nitrogen and oxygen atoms in total. The van der Waals surface area contributed by atoms with Gasteiger partial charge >= 0.3 is 6.18 Å². The highest BCUT2D eigenvalue weighted by Gasteiger charge is 2.39. The fourth-order valence-corrected chi connectivity index (χ4v) is 2.39. The summed E-state index contributed by atoms with van der Waals surface area (Å²) in [6, 6.07) is 1.46. The fraction of sp³-hybridized carbons (Fsp3) is 0.278. The van der Waals surface area contributed by atoms with Crippen LogP contribution in [0.3, 0.4) is 0 Å². The second-order valence-corrected chi connectivity index (χ2v) is 6.71. The quantitative estimate of drug-likeness (QED) is 0.216. The molecule has 2 aromatic carbocycles. The van der Waals surface area contributed by atoms with Crippen molar-refractivity contribution >= 4 is 17.3 Å². The third kappa shape index (κ3) is 4.90. The molecule has 0 aromatic heterocycles. The van der Waals surface area contributed by atoms with Gasteiger partial charge in [0.1, 0.15) is 12.2 Å². The summed E-state index contributed by atoms with van der Waals surface area (Å²) in [5.41, 5.74) is -7.15. The molecular weight excluding hydrogens is 457 g/mol. The maximum absolute atomic E-state index is 14.0. The number of nitrogens with zero attached hydrogens (tertiary/aromatic N) is 1. The standard InChI is InChI=1S/C18H13F7N2O5/c1-7-11(19)13(21)14(22)15(12(7)20)32-6-17(2,29)16(28)26-8-3-4-10(27(30)31)9(5-8)18(23,24)25/h3-5,29H,6H2,1-2H3,(H,26,28)/t17-/m0/s1. The van der Waals surface area contributed by atoms with E-state index in [1.54, 1.807) is 0 Å². The Bertz CT molecular complexity index is 1060. The highest BCUT2D eigenvalue weighted by atomic mass is 19.4. The van der Waals surface area contributed by atoms with Gasteiger partial charge in [-0.1, -0.05) is 0 Å². The first-order valence-corrected chi connectivity index (χ1v) is 8.42. The van der Waals surface area contributed by atoms with Gasteiger partial charge in [0.25, 0.3) is 11.6 Å². The minimum absolute atomic E-state index is 0.241. The molecule has 0 aliphatic heterocycles. The average Bonchev–Trinajstić information content (AvgIpc) is 2.69. The van der Waals surface area contributed by atoms with E-state index in [9.17, 15) is 50.7 Å². The number of amides is 1. The molecular formula is C18H13F7N2O5. The number of nitrogens with one attached hydrogen (secondary N) is 1. The number of nitro benzene ring substituents is 1. The van der Waals surface area contributed by atoms with Crippen LogP contribution in [0.1, 0.15) is 18.1 Å². The molecule has 1 amide bonds. The summed E-state index contributed by atoms with van der Waals surface area (Å²) >= 11 is 0. The molecule has 0 bridgehead atoms. The molecule has 2 aromatic rings. The van der Waals surface area contributed by atoms with Gasteiger partial charge in [0.2, 0.25) is 5.82 Å². The molecule has 0 unspecified atom stereocenters. The number of hydrogen-bond donors (Lipinski definition) is 2. The molecule has 14 heteroatoms. The number of carbonyl (C=O) groups is 1. The number of benzene rings is 2. The van der Waals surface area contributed by atoms with Crippen LogP contribution in [0, 0.1) is 40.3 Å². The Morgan fingerprint density at radius 2 is 1.72 bits per heavy atom. The van der Waals surface area contributed by atoms with Gasteiger partial charge < -0.3 is 15.2 Å². The van der Waals surface area contributed by atoms with E-state index in [1.807, 2.05) is 5.32 Å². The number of carbonyl (C=O) groups excluding carboxylic acids is 1. The Balaban J connectivity index is 2.25. The van der Waals surface area contributed by atoms with E-state index in [1.165, 1.54) is 0 Å². The molecule has 0 fully saturated rings. The Kier molecular flexibility index (Phi) is 6.68. The third-order valence-corrected chi connectivity index (χ3v) is 4.19. The molecule has 0 aliphatic rings. The van der Waals surface area contributed by atoms with E-state index >= 15 is 0 Å². The van der Waals surface area contributed by atoms with Crippen molar-refractivity contribution in [3.05, 3.63) is 62.7 Å². The average molecular weight is 470 g/mol. The third-order valence-electron chi connectivity index (χ3n) is 4.19. The number of aliphatic hydroxyl groups is 1. The zero-order valence-electron chi connectivity index (χ0n) is 16.1. The van der Waals surface area contributed by atoms with E-state index in [0.717, 1.165) is 19.9 Å². The van der Waals surface area contributed by atoms with Gasteiger partial charge in [-0.25, -0.2) is 13.2 Å². The highest BCUT2D eigenvalue weighted by molar-refractivity contribution is 5.97. The molecule has 0 saturated carbocycles. The van der Waals surface area contributed by atoms with Crippen LogP contribution < -0.4 is 10.1 Å². The van der Waals surface area contributed by atoms with E-state index in [0.29, 0.717) is 6.07 Å². The second kappa shape index (κ2) is 8.61. The topological polar surface area (TPSA) is 102 Å². The van der Waals surface area contributed by atoms with Crippen molar-refractivity contribution in [1.29, 1.82) is 0 Å². The monoisotopic (exact) mass is 470 g/mol. The molecule has 174 valence electrons. The van der Waals surface area contributed by atoms with Gasteiger partial charge in [0.15, 0.2) is 28.8 Å². The van der Waals surface area contributed by atoms with E-state index in [2.05, 4.69) is 4.74 Å². The maximum Gasteiger partial charge on any atom is 0.423 e. The SMILES string of the molecule is Cc1c(F)c(F)c(F)c(OC[C@](C)(O)C(=O)Nc2ccc([N+](=O)[O-])c(C(F)(F)F)c2)c1F. The normalized spacial score (nSPS) is 13.4. The van der Waals surface area contributed by atoms with Crippen LogP contribution in [0.5, 0.6) is 5.75 Å². The van der Waals surface area contributed by atoms with Gasteiger partial charge in [-0.2, -0.15) is 17.6 Å².